The first-order valence-electron chi connectivity index (χ1n) is 11.6. The lowest BCUT2D eigenvalue weighted by molar-refractivity contribution is 0.0732. The van der Waals surface area contributed by atoms with Gasteiger partial charge in [-0.25, -0.2) is 10.2 Å². The van der Waals surface area contributed by atoms with Crippen LogP contribution in [0.25, 0.3) is 0 Å². The summed E-state index contributed by atoms with van der Waals surface area (Å²) >= 11 is 18.8. The fourth-order valence-corrected chi connectivity index (χ4v) is 5.28. The van der Waals surface area contributed by atoms with E-state index in [0.29, 0.717) is 30.8 Å². The van der Waals surface area contributed by atoms with Gasteiger partial charge in [-0.05, 0) is 83.5 Å². The van der Waals surface area contributed by atoms with Crippen molar-refractivity contribution in [3.05, 3.63) is 126 Å². The maximum Gasteiger partial charge on any atom is 0.345 e. The van der Waals surface area contributed by atoms with Crippen LogP contribution in [0.2, 0.25) is 10.0 Å². The Morgan fingerprint density at radius 2 is 1.62 bits per heavy atom. The molecule has 2 N–H and O–H groups in total. The van der Waals surface area contributed by atoms with Crippen LogP contribution in [0.1, 0.15) is 42.2 Å². The molecule has 0 aliphatic heterocycles. The molecule has 11 heteroatoms. The second-order valence-electron chi connectivity index (χ2n) is 8.42. The number of carbonyl (C=O) groups excluding carboxylic acids is 3. The van der Waals surface area contributed by atoms with E-state index in [1.165, 1.54) is 30.5 Å². The molecular formula is C29H19Br2Cl2N3O4. The number of benzene rings is 4. The molecule has 0 aromatic heterocycles. The smallest absolute Gasteiger partial charge is 0.345 e. The third-order valence-corrected chi connectivity index (χ3v) is 7.04. The van der Waals surface area contributed by atoms with Gasteiger partial charge in [0.1, 0.15) is 0 Å². The molecule has 0 radical (unpaired) electrons. The van der Waals surface area contributed by atoms with Crippen LogP contribution in [0.15, 0.2) is 92.9 Å². The van der Waals surface area contributed by atoms with Crippen LogP contribution in [0, 0.1) is 6.92 Å². The Morgan fingerprint density at radius 3 is 2.35 bits per heavy atom. The van der Waals surface area contributed by atoms with Gasteiger partial charge < -0.3 is 10.1 Å². The zero-order valence-electron chi connectivity index (χ0n) is 20.7. The van der Waals surface area contributed by atoms with E-state index in [0.717, 1.165) is 5.56 Å². The standard InChI is InChI=1S/C29H19Br2Cl2N3O4/c1-16-5-7-17(8-6-16)27(37)35-22-4-2-3-18(12-22)28(38)36-34-15-19-11-20(30)13-24(31)26(19)40-29(39)23-10-9-21(32)14-25(23)33/h2-15H,1H3,(H,35,37)(H,36,38). The van der Waals surface area contributed by atoms with Crippen molar-refractivity contribution in [2.75, 3.05) is 5.32 Å². The number of carbonyl (C=O) groups is 3. The van der Waals surface area contributed by atoms with Crippen molar-refractivity contribution in [1.29, 1.82) is 0 Å². The van der Waals surface area contributed by atoms with E-state index >= 15 is 0 Å². The van der Waals surface area contributed by atoms with Crippen molar-refractivity contribution in [3.63, 3.8) is 0 Å². The first kappa shape index (κ1) is 29.5. The van der Waals surface area contributed by atoms with Gasteiger partial charge in [-0.2, -0.15) is 5.10 Å². The Labute approximate surface area is 256 Å². The minimum Gasteiger partial charge on any atom is -0.421 e. The van der Waals surface area contributed by atoms with Gasteiger partial charge >= 0.3 is 5.97 Å². The summed E-state index contributed by atoms with van der Waals surface area (Å²) in [6.07, 6.45) is 1.34. The minimum atomic E-state index is -0.701. The van der Waals surface area contributed by atoms with Gasteiger partial charge in [-0.15, -0.1) is 0 Å². The van der Waals surface area contributed by atoms with Crippen molar-refractivity contribution in [3.8, 4) is 5.75 Å². The van der Waals surface area contributed by atoms with Crippen LogP contribution in [-0.4, -0.2) is 24.0 Å². The number of esters is 1. The number of nitrogens with one attached hydrogen (secondary N) is 2. The van der Waals surface area contributed by atoms with Gasteiger partial charge in [0.15, 0.2) is 5.75 Å². The monoisotopic (exact) mass is 701 g/mol. The van der Waals surface area contributed by atoms with E-state index in [1.807, 2.05) is 19.1 Å². The van der Waals surface area contributed by atoms with Crippen LogP contribution < -0.4 is 15.5 Å². The normalized spacial score (nSPS) is 10.8. The molecule has 4 aromatic carbocycles. The minimum absolute atomic E-state index is 0.131. The largest absolute Gasteiger partial charge is 0.421 e. The number of hydrogen-bond donors (Lipinski definition) is 2. The highest BCUT2D eigenvalue weighted by Crippen LogP contribution is 2.33. The summed E-state index contributed by atoms with van der Waals surface area (Å²) in [6, 6.07) is 21.4. The molecule has 4 rings (SSSR count). The SMILES string of the molecule is Cc1ccc(C(=O)Nc2cccc(C(=O)NN=Cc3cc(Br)cc(Br)c3OC(=O)c3ccc(Cl)cc3Cl)c2)cc1. The fraction of sp³-hybridized carbons (Fsp3) is 0.0345. The molecule has 0 spiro atoms. The number of halogens is 4. The van der Waals surface area contributed by atoms with E-state index in [9.17, 15) is 14.4 Å². The van der Waals surface area contributed by atoms with Gasteiger partial charge in [0.2, 0.25) is 0 Å². The zero-order valence-corrected chi connectivity index (χ0v) is 25.4. The Hall–Kier alpha value is -3.50. The Bertz CT molecular complexity index is 1640. The Morgan fingerprint density at radius 1 is 0.875 bits per heavy atom. The van der Waals surface area contributed by atoms with Crippen LogP contribution in [0.3, 0.4) is 0 Å². The molecule has 0 atom stereocenters. The van der Waals surface area contributed by atoms with E-state index in [2.05, 4.69) is 47.7 Å². The van der Waals surface area contributed by atoms with Crippen molar-refractivity contribution >= 4 is 84.7 Å². The highest BCUT2D eigenvalue weighted by atomic mass is 79.9. The summed E-state index contributed by atoms with van der Waals surface area (Å²) < 4.78 is 6.74. The van der Waals surface area contributed by atoms with E-state index in [4.69, 9.17) is 27.9 Å². The maximum atomic E-state index is 12.8. The molecule has 0 unspecified atom stereocenters. The number of hydrazone groups is 1. The van der Waals surface area contributed by atoms with Gasteiger partial charge in [0.05, 0.1) is 21.3 Å². The lowest BCUT2D eigenvalue weighted by Gasteiger charge is -2.11. The summed E-state index contributed by atoms with van der Waals surface area (Å²) in [5.74, 6) is -1.34. The van der Waals surface area contributed by atoms with E-state index < -0.39 is 11.9 Å². The van der Waals surface area contributed by atoms with Crippen LogP contribution in [0.5, 0.6) is 5.75 Å². The van der Waals surface area contributed by atoms with Gasteiger partial charge in [-0.1, -0.05) is 62.9 Å². The second kappa shape index (κ2) is 13.2. The lowest BCUT2D eigenvalue weighted by Crippen LogP contribution is -2.18. The molecule has 202 valence electrons. The van der Waals surface area contributed by atoms with Crippen molar-refractivity contribution < 1.29 is 19.1 Å². The molecule has 0 aliphatic rings. The third kappa shape index (κ3) is 7.57. The fourth-order valence-electron chi connectivity index (χ4n) is 3.46. The van der Waals surface area contributed by atoms with Gasteiger partial charge in [0, 0.05) is 31.9 Å². The molecule has 0 bridgehead atoms. The maximum absolute atomic E-state index is 12.8. The molecule has 7 nitrogen and oxygen atoms in total. The quantitative estimate of drug-likeness (QED) is 0.0881. The molecule has 0 aliphatic carbocycles. The first-order chi connectivity index (χ1) is 19.1. The van der Waals surface area contributed by atoms with Crippen LogP contribution in [0.4, 0.5) is 5.69 Å². The molecule has 0 saturated heterocycles. The summed E-state index contributed by atoms with van der Waals surface area (Å²) in [4.78, 5) is 38.1. The predicted octanol–water partition coefficient (Wildman–Crippen LogP) is 8.06. The number of amides is 2. The van der Waals surface area contributed by atoms with Crippen molar-refractivity contribution in [1.82, 2.24) is 5.43 Å². The lowest BCUT2D eigenvalue weighted by atomic mass is 10.1. The average Bonchev–Trinajstić information content (AvgIpc) is 2.90. The molecule has 40 heavy (non-hydrogen) atoms. The molecule has 0 fully saturated rings. The molecule has 2 amide bonds. The highest BCUT2D eigenvalue weighted by Gasteiger charge is 2.18. The summed E-state index contributed by atoms with van der Waals surface area (Å²) in [6.45, 7) is 1.94. The molecular weight excluding hydrogens is 685 g/mol. The Kier molecular flexibility index (Phi) is 9.76. The zero-order chi connectivity index (χ0) is 28.8. The van der Waals surface area contributed by atoms with E-state index in [1.54, 1.807) is 42.5 Å². The molecule has 4 aromatic rings. The van der Waals surface area contributed by atoms with E-state index in [-0.39, 0.29) is 27.8 Å². The van der Waals surface area contributed by atoms with Crippen LogP contribution >= 0.6 is 55.1 Å². The number of anilines is 1. The molecule has 0 heterocycles. The Balaban J connectivity index is 1.47. The third-order valence-electron chi connectivity index (χ3n) is 5.45. The second-order valence-corrected chi connectivity index (χ2v) is 11.0. The van der Waals surface area contributed by atoms with Crippen molar-refractivity contribution in [2.45, 2.75) is 6.92 Å². The summed E-state index contributed by atoms with van der Waals surface area (Å²) in [7, 11) is 0. The number of ether oxygens (including phenoxy) is 1. The summed E-state index contributed by atoms with van der Waals surface area (Å²) in [5, 5.41) is 7.34. The predicted molar refractivity (Wildman–Crippen MR) is 164 cm³/mol. The first-order valence-corrected chi connectivity index (χ1v) is 13.9. The number of hydrogen-bond acceptors (Lipinski definition) is 5. The number of nitrogens with zero attached hydrogens (tertiary/aromatic N) is 1. The number of aryl methyl sites for hydroxylation is 1. The summed E-state index contributed by atoms with van der Waals surface area (Å²) in [5.41, 5.74) is 5.23. The van der Waals surface area contributed by atoms with Crippen molar-refractivity contribution in [2.24, 2.45) is 5.10 Å². The van der Waals surface area contributed by atoms with Gasteiger partial charge in [0.25, 0.3) is 11.8 Å². The number of rotatable bonds is 7. The van der Waals surface area contributed by atoms with Crippen LogP contribution in [-0.2, 0) is 0 Å². The average molecular weight is 704 g/mol. The topological polar surface area (TPSA) is 96.9 Å². The highest BCUT2D eigenvalue weighted by molar-refractivity contribution is 9.11. The molecule has 0 saturated carbocycles. The van der Waals surface area contributed by atoms with Gasteiger partial charge in [-0.3, -0.25) is 9.59 Å².